The zero-order valence-electron chi connectivity index (χ0n) is 18.0. The molecule has 2 unspecified atom stereocenters. The molecule has 0 radical (unpaired) electrons. The monoisotopic (exact) mass is 453 g/mol. The van der Waals surface area contributed by atoms with Crippen molar-refractivity contribution in [3.63, 3.8) is 0 Å². The van der Waals surface area contributed by atoms with Crippen molar-refractivity contribution in [2.24, 2.45) is 10.9 Å². The number of piperidine rings is 1. The number of aliphatic imine (C=N–C) groups is 1. The maximum Gasteiger partial charge on any atom is 0.309 e. The van der Waals surface area contributed by atoms with E-state index in [4.69, 9.17) is 4.74 Å². The largest absolute Gasteiger partial charge is 0.511 e. The number of esters is 1. The Labute approximate surface area is 189 Å². The van der Waals surface area contributed by atoms with Crippen molar-refractivity contribution < 1.29 is 33.8 Å². The number of aliphatic hydroxyl groups excluding tert-OH is 1. The minimum Gasteiger partial charge on any atom is -0.511 e. The van der Waals surface area contributed by atoms with Crippen molar-refractivity contribution in [2.45, 2.75) is 45.2 Å². The van der Waals surface area contributed by atoms with E-state index < -0.39 is 29.6 Å². The van der Waals surface area contributed by atoms with Crippen LogP contribution in [0.25, 0.3) is 0 Å². The number of imide groups is 1. The smallest absolute Gasteiger partial charge is 0.309 e. The molecule has 0 saturated carbocycles. The van der Waals surface area contributed by atoms with Gasteiger partial charge in [-0.25, -0.2) is 0 Å². The van der Waals surface area contributed by atoms with Gasteiger partial charge in [0, 0.05) is 43.1 Å². The molecule has 0 bridgehead atoms. The number of ether oxygens (including phenoxy) is 1. The summed E-state index contributed by atoms with van der Waals surface area (Å²) in [5.41, 5.74) is 1.43. The Morgan fingerprint density at radius 1 is 1.27 bits per heavy atom. The highest BCUT2D eigenvalue weighted by Gasteiger charge is 2.40. The number of rotatable bonds is 5. The Morgan fingerprint density at radius 2 is 2.06 bits per heavy atom. The van der Waals surface area contributed by atoms with E-state index in [9.17, 15) is 29.1 Å². The van der Waals surface area contributed by atoms with Crippen molar-refractivity contribution in [3.05, 3.63) is 40.7 Å². The third-order valence-corrected chi connectivity index (χ3v) is 5.99. The number of ketones is 1. The molecule has 10 heteroatoms. The van der Waals surface area contributed by atoms with Crippen LogP contribution in [0, 0.1) is 5.92 Å². The molecule has 1 aliphatic carbocycles. The molecule has 33 heavy (non-hydrogen) atoms. The van der Waals surface area contributed by atoms with Gasteiger partial charge < -0.3 is 14.7 Å². The molecular weight excluding hydrogens is 430 g/mol. The van der Waals surface area contributed by atoms with E-state index >= 15 is 0 Å². The van der Waals surface area contributed by atoms with Crippen LogP contribution in [0.3, 0.4) is 0 Å². The summed E-state index contributed by atoms with van der Waals surface area (Å²) in [7, 11) is 0. The maximum atomic E-state index is 12.9. The number of nitrogens with zero attached hydrogens (tertiary/aromatic N) is 2. The van der Waals surface area contributed by atoms with E-state index in [-0.39, 0.29) is 62.0 Å². The van der Waals surface area contributed by atoms with Gasteiger partial charge in [0.25, 0.3) is 5.91 Å². The van der Waals surface area contributed by atoms with Crippen molar-refractivity contribution in [2.75, 3.05) is 6.61 Å². The summed E-state index contributed by atoms with van der Waals surface area (Å²) in [5, 5.41) is 12.6. The van der Waals surface area contributed by atoms with Crippen molar-refractivity contribution in [3.8, 4) is 0 Å². The molecule has 3 aliphatic rings. The predicted octanol–water partition coefficient (Wildman–Crippen LogP) is 1.50. The number of carbonyl (C=O) groups is 5. The second kappa shape index (κ2) is 8.97. The number of amides is 3. The summed E-state index contributed by atoms with van der Waals surface area (Å²) in [6.45, 7) is 1.99. The molecule has 1 aromatic carbocycles. The third-order valence-electron chi connectivity index (χ3n) is 5.99. The molecule has 2 aliphatic heterocycles. The van der Waals surface area contributed by atoms with Crippen molar-refractivity contribution in [1.29, 1.82) is 0 Å². The molecular formula is C23H23N3O7. The van der Waals surface area contributed by atoms with Crippen LogP contribution >= 0.6 is 0 Å². The second-order valence-corrected chi connectivity index (χ2v) is 8.10. The number of Topliss-reactive ketones (excluding diaryl/α,β-unsaturated/α-hetero) is 1. The van der Waals surface area contributed by atoms with Gasteiger partial charge in [-0.15, -0.1) is 0 Å². The fourth-order valence-corrected chi connectivity index (χ4v) is 4.31. The topological polar surface area (TPSA) is 142 Å². The summed E-state index contributed by atoms with van der Waals surface area (Å²) in [6.07, 6.45) is 1.55. The van der Waals surface area contributed by atoms with Crippen LogP contribution in [0.15, 0.2) is 34.5 Å². The van der Waals surface area contributed by atoms with Crippen LogP contribution in [0.2, 0.25) is 0 Å². The van der Waals surface area contributed by atoms with Crippen LogP contribution in [0.1, 0.15) is 48.5 Å². The van der Waals surface area contributed by atoms with Gasteiger partial charge >= 0.3 is 5.97 Å². The number of hydrogen-bond acceptors (Lipinski definition) is 8. The number of nitrogens with one attached hydrogen (secondary N) is 1. The Hall–Kier alpha value is -3.82. The van der Waals surface area contributed by atoms with E-state index in [1.54, 1.807) is 25.1 Å². The molecule has 3 amide bonds. The summed E-state index contributed by atoms with van der Waals surface area (Å²) < 4.78 is 4.93. The third kappa shape index (κ3) is 4.28. The van der Waals surface area contributed by atoms with Gasteiger partial charge in [0.2, 0.25) is 11.8 Å². The normalized spacial score (nSPS) is 23.2. The van der Waals surface area contributed by atoms with Gasteiger partial charge in [-0.1, -0.05) is 6.07 Å². The Bertz CT molecular complexity index is 1120. The summed E-state index contributed by atoms with van der Waals surface area (Å²) in [4.78, 5) is 66.7. The lowest BCUT2D eigenvalue weighted by Gasteiger charge is -2.29. The first kappa shape index (κ1) is 22.4. The molecule has 0 spiro atoms. The first-order chi connectivity index (χ1) is 15.8. The number of benzene rings is 1. The lowest BCUT2D eigenvalue weighted by molar-refractivity contribution is -0.150. The van der Waals surface area contributed by atoms with Crippen molar-refractivity contribution in [1.82, 2.24) is 10.2 Å². The van der Waals surface area contributed by atoms with E-state index in [0.29, 0.717) is 16.8 Å². The highest BCUT2D eigenvalue weighted by Crippen LogP contribution is 2.34. The molecule has 1 aromatic rings. The van der Waals surface area contributed by atoms with Crippen LogP contribution in [-0.2, 0) is 30.5 Å². The Morgan fingerprint density at radius 3 is 2.76 bits per heavy atom. The first-order valence-corrected chi connectivity index (χ1v) is 10.7. The second-order valence-electron chi connectivity index (χ2n) is 8.10. The molecule has 172 valence electrons. The van der Waals surface area contributed by atoms with Gasteiger partial charge in [-0.2, -0.15) is 0 Å². The highest BCUT2D eigenvalue weighted by molar-refractivity contribution is 6.15. The number of fused-ring (bicyclic) bond motifs is 1. The van der Waals surface area contributed by atoms with Crippen molar-refractivity contribution >= 4 is 41.4 Å². The molecule has 2 atom stereocenters. The SMILES string of the molecule is CCOC(=O)C1CC(=O)C(C=Nc2cccc3c2CN(C2CCC(=O)NC2=O)C3=O)=C(O)C1. The predicted molar refractivity (Wildman–Crippen MR) is 115 cm³/mol. The minimum absolute atomic E-state index is 0.0133. The molecule has 0 aromatic heterocycles. The van der Waals surface area contributed by atoms with E-state index in [1.807, 2.05) is 0 Å². The quantitative estimate of drug-likeness (QED) is 0.391. The number of carbonyl (C=O) groups excluding carboxylic acids is 5. The average Bonchev–Trinajstić information content (AvgIpc) is 3.10. The average molecular weight is 453 g/mol. The van der Waals surface area contributed by atoms with Gasteiger partial charge in [0.1, 0.15) is 11.8 Å². The number of aliphatic hydroxyl groups is 1. The lowest BCUT2D eigenvalue weighted by Crippen LogP contribution is -2.52. The molecule has 2 heterocycles. The van der Waals surface area contributed by atoms with E-state index in [2.05, 4.69) is 10.3 Å². The van der Waals surface area contributed by atoms with Gasteiger partial charge in [0.05, 0.1) is 23.8 Å². The molecule has 2 N–H and O–H groups in total. The summed E-state index contributed by atoms with van der Waals surface area (Å²) in [5.74, 6) is -3.10. The lowest BCUT2D eigenvalue weighted by atomic mass is 9.87. The fourth-order valence-electron chi connectivity index (χ4n) is 4.31. The molecule has 1 saturated heterocycles. The van der Waals surface area contributed by atoms with Gasteiger partial charge in [-0.3, -0.25) is 34.3 Å². The Balaban J connectivity index is 1.55. The molecule has 4 rings (SSSR count). The first-order valence-electron chi connectivity index (χ1n) is 10.7. The fraction of sp³-hybridized carbons (Fsp3) is 0.391. The number of allylic oxidation sites excluding steroid dienone is 2. The minimum atomic E-state index is -0.745. The molecule has 10 nitrogen and oxygen atoms in total. The van der Waals surface area contributed by atoms with E-state index in [1.165, 1.54) is 11.1 Å². The molecule has 1 fully saturated rings. The zero-order chi connectivity index (χ0) is 23.7. The summed E-state index contributed by atoms with van der Waals surface area (Å²) >= 11 is 0. The van der Waals surface area contributed by atoms with Crippen LogP contribution in [0.5, 0.6) is 0 Å². The van der Waals surface area contributed by atoms with E-state index in [0.717, 1.165) is 0 Å². The standard InChI is InChI=1S/C23H23N3O7/c1-2-33-23(32)12-8-18(27)14(19(28)9-12)10-24-16-5-3-4-13-15(16)11-26(22(13)31)17-6-7-20(29)25-21(17)30/h3-5,10,12,17,27H,2,6-9,11H2,1H3,(H,25,29,30). The van der Waals surface area contributed by atoms with Crippen LogP contribution < -0.4 is 5.32 Å². The van der Waals surface area contributed by atoms with Gasteiger partial charge in [-0.05, 0) is 25.5 Å². The van der Waals surface area contributed by atoms with Gasteiger partial charge in [0.15, 0.2) is 5.78 Å². The summed E-state index contributed by atoms with van der Waals surface area (Å²) in [6, 6.07) is 4.20. The van der Waals surface area contributed by atoms with Crippen LogP contribution in [0.4, 0.5) is 5.69 Å². The Kier molecular flexibility index (Phi) is 6.08. The van der Waals surface area contributed by atoms with Crippen LogP contribution in [-0.4, -0.2) is 58.3 Å². The maximum absolute atomic E-state index is 12.9. The number of hydrogen-bond donors (Lipinski definition) is 2. The highest BCUT2D eigenvalue weighted by atomic mass is 16.5. The zero-order valence-corrected chi connectivity index (χ0v) is 18.0.